The zero-order valence-electron chi connectivity index (χ0n) is 28.4. The lowest BCUT2D eigenvalue weighted by molar-refractivity contribution is 0.592. The highest BCUT2D eigenvalue weighted by Gasteiger charge is 2.40. The highest BCUT2D eigenvalue weighted by Crippen LogP contribution is 2.56. The molecule has 8 aromatic rings. The lowest BCUT2D eigenvalue weighted by Crippen LogP contribution is -2.31. The van der Waals surface area contributed by atoms with Gasteiger partial charge in [-0.3, -0.25) is 0 Å². The van der Waals surface area contributed by atoms with Crippen molar-refractivity contribution in [1.29, 1.82) is 0 Å². The topological polar surface area (TPSA) is 20.3 Å². The Bertz CT molecular complexity index is 2660. The zero-order valence-corrected chi connectivity index (χ0v) is 30.1. The van der Waals surface area contributed by atoms with Gasteiger partial charge in [-0.25, -0.2) is 0 Å². The first-order chi connectivity index (χ1) is 24.9. The Kier molecular flexibility index (Phi) is 6.78. The Labute approximate surface area is 302 Å². The lowest BCUT2D eigenvalue weighted by atomic mass is 9.73. The molecule has 0 fully saturated rings. The molecule has 2 aliphatic rings. The van der Waals surface area contributed by atoms with Crippen LogP contribution in [0.2, 0.25) is 0 Å². The molecule has 0 aromatic heterocycles. The van der Waals surface area contributed by atoms with Crippen LogP contribution >= 0.6 is 18.9 Å². The third-order valence-electron chi connectivity index (χ3n) is 10.9. The molecule has 2 heterocycles. The van der Waals surface area contributed by atoms with E-state index in [1.54, 1.807) is 11.8 Å². The summed E-state index contributed by atoms with van der Waals surface area (Å²) in [6.45, 7) is 4.64. The molecule has 0 spiro atoms. The van der Waals surface area contributed by atoms with Gasteiger partial charge in [-0.05, 0) is 98.4 Å². The fourth-order valence-corrected chi connectivity index (χ4v) is 13.6. The van der Waals surface area contributed by atoms with Crippen molar-refractivity contribution in [3.8, 4) is 11.1 Å². The van der Waals surface area contributed by atoms with Crippen LogP contribution in [0.5, 0.6) is 0 Å². The monoisotopic (exact) mass is 691 g/mol. The van der Waals surface area contributed by atoms with Crippen molar-refractivity contribution in [3.05, 3.63) is 181 Å². The van der Waals surface area contributed by atoms with E-state index < -0.39 is 7.14 Å². The number of para-hydroxylation sites is 2. The summed E-state index contributed by atoms with van der Waals surface area (Å²) in [6.07, 6.45) is 0. The summed E-state index contributed by atoms with van der Waals surface area (Å²) >= 11 is 1.73. The molecule has 2 nitrogen and oxygen atoms in total. The van der Waals surface area contributed by atoms with Crippen molar-refractivity contribution in [3.63, 3.8) is 0 Å². The maximum absolute atomic E-state index is 16.3. The van der Waals surface area contributed by atoms with E-state index in [2.05, 4.69) is 183 Å². The molecule has 0 saturated carbocycles. The Balaban J connectivity index is 1.16. The second-order valence-corrected chi connectivity index (χ2v) is 17.8. The van der Waals surface area contributed by atoms with Crippen molar-refractivity contribution in [2.24, 2.45) is 0 Å². The Morgan fingerprint density at radius 1 is 0.510 bits per heavy atom. The van der Waals surface area contributed by atoms with Crippen LogP contribution < -0.4 is 20.8 Å². The van der Waals surface area contributed by atoms with Crippen molar-refractivity contribution >= 4 is 73.4 Å². The van der Waals surface area contributed by atoms with Gasteiger partial charge in [0, 0.05) is 36.8 Å². The maximum atomic E-state index is 16.3. The Hall–Kier alpha value is -5.34. The van der Waals surface area contributed by atoms with Gasteiger partial charge in [0.05, 0.1) is 11.4 Å². The van der Waals surface area contributed by atoms with Crippen LogP contribution in [0.25, 0.3) is 32.7 Å². The van der Waals surface area contributed by atoms with Crippen molar-refractivity contribution in [2.75, 3.05) is 4.90 Å². The predicted octanol–water partition coefficient (Wildman–Crippen LogP) is 11.9. The van der Waals surface area contributed by atoms with Crippen LogP contribution in [0.15, 0.2) is 180 Å². The second-order valence-electron chi connectivity index (χ2n) is 14.1. The van der Waals surface area contributed by atoms with Crippen LogP contribution in [-0.4, -0.2) is 0 Å². The first-order valence-electron chi connectivity index (χ1n) is 17.5. The van der Waals surface area contributed by atoms with E-state index in [9.17, 15) is 0 Å². The third-order valence-corrected chi connectivity index (χ3v) is 15.5. The smallest absolute Gasteiger partial charge is 0.174 e. The molecule has 0 aliphatic carbocycles. The molecular formula is C47H34NOPS. The summed E-state index contributed by atoms with van der Waals surface area (Å²) in [5, 5.41) is 7.08. The molecule has 4 heteroatoms. The molecule has 0 saturated heterocycles. The number of anilines is 3. The summed E-state index contributed by atoms with van der Waals surface area (Å²) in [5.41, 5.74) is 8.28. The number of hydrogen-bond acceptors (Lipinski definition) is 3. The van der Waals surface area contributed by atoms with Gasteiger partial charge >= 0.3 is 0 Å². The number of nitrogens with zero attached hydrogens (tertiary/aromatic N) is 1. The minimum absolute atomic E-state index is 0.114. The van der Waals surface area contributed by atoms with Gasteiger partial charge in [-0.15, -0.1) is 0 Å². The molecule has 244 valence electrons. The largest absolute Gasteiger partial charge is 0.310 e. The lowest BCUT2D eigenvalue weighted by Gasteiger charge is -2.42. The number of fused-ring (bicyclic) bond motifs is 6. The van der Waals surface area contributed by atoms with E-state index in [4.69, 9.17) is 0 Å². The first-order valence-corrected chi connectivity index (χ1v) is 20.0. The number of benzene rings is 8. The Morgan fingerprint density at radius 3 is 1.78 bits per heavy atom. The van der Waals surface area contributed by atoms with Crippen LogP contribution in [0, 0.1) is 0 Å². The van der Waals surface area contributed by atoms with Gasteiger partial charge in [-0.2, -0.15) is 0 Å². The maximum Gasteiger partial charge on any atom is 0.174 e. The highest BCUT2D eigenvalue weighted by molar-refractivity contribution is 8.03. The fourth-order valence-electron chi connectivity index (χ4n) is 8.43. The van der Waals surface area contributed by atoms with E-state index in [1.165, 1.54) is 22.5 Å². The molecule has 1 atom stereocenters. The van der Waals surface area contributed by atoms with Gasteiger partial charge in [0.2, 0.25) is 0 Å². The Morgan fingerprint density at radius 2 is 1.08 bits per heavy atom. The van der Waals surface area contributed by atoms with E-state index in [-0.39, 0.29) is 5.41 Å². The van der Waals surface area contributed by atoms with Crippen molar-refractivity contribution in [1.82, 2.24) is 0 Å². The van der Waals surface area contributed by atoms with Crippen LogP contribution in [0.4, 0.5) is 17.1 Å². The van der Waals surface area contributed by atoms with E-state index in [0.29, 0.717) is 0 Å². The van der Waals surface area contributed by atoms with E-state index >= 15 is 4.57 Å². The normalized spacial score (nSPS) is 17.0. The van der Waals surface area contributed by atoms with Crippen molar-refractivity contribution in [2.45, 2.75) is 29.1 Å². The SMILES string of the molecule is CC1(C)c2ccccc2N(c2cccc(-c3ccc4c(c3)Sc3ccccc3P4(=O)c3c4ccccc4cc4ccccc34)c2)c2ccccc21. The molecular weight excluding hydrogens is 658 g/mol. The predicted molar refractivity (Wildman–Crippen MR) is 217 cm³/mol. The van der Waals surface area contributed by atoms with Gasteiger partial charge in [0.15, 0.2) is 7.14 Å². The van der Waals surface area contributed by atoms with E-state index in [1.807, 2.05) is 6.07 Å². The third kappa shape index (κ3) is 4.48. The molecule has 2 aliphatic heterocycles. The molecule has 10 rings (SSSR count). The minimum Gasteiger partial charge on any atom is -0.310 e. The standard InChI is InChI=1S/C47H34NOPS/c1-47(2)38-20-7-9-22-40(38)48(41-23-10-8-21-39(41)47)35-17-13-16-31(29-35)32-26-27-43-45(30-32)51-44-25-12-11-24-42(44)50(43,49)46-36-18-5-3-14-33(36)28-34-15-4-6-19-37(34)46/h3-30H,1-2H3. The van der Waals surface area contributed by atoms with Crippen LogP contribution in [-0.2, 0) is 9.98 Å². The van der Waals surface area contributed by atoms with Gasteiger partial charge < -0.3 is 9.46 Å². The summed E-state index contributed by atoms with van der Waals surface area (Å²) in [6, 6.07) is 60.3. The molecule has 0 N–H and O–H groups in total. The van der Waals surface area contributed by atoms with Gasteiger partial charge in [0.1, 0.15) is 0 Å². The van der Waals surface area contributed by atoms with Crippen LogP contribution in [0.3, 0.4) is 0 Å². The zero-order chi connectivity index (χ0) is 34.3. The first kappa shape index (κ1) is 30.5. The summed E-state index contributed by atoms with van der Waals surface area (Å²) < 4.78 is 16.3. The number of rotatable bonds is 3. The molecule has 0 radical (unpaired) electrons. The highest BCUT2D eigenvalue weighted by atomic mass is 32.2. The molecule has 8 aromatic carbocycles. The summed E-state index contributed by atoms with van der Waals surface area (Å²) in [5.74, 6) is 0. The average Bonchev–Trinajstić information content (AvgIpc) is 3.17. The summed E-state index contributed by atoms with van der Waals surface area (Å²) in [7, 11) is -3.29. The molecule has 0 bridgehead atoms. The fraction of sp³-hybridized carbons (Fsp3) is 0.0638. The van der Waals surface area contributed by atoms with Crippen LogP contribution in [0.1, 0.15) is 25.0 Å². The average molecular weight is 692 g/mol. The molecule has 1 unspecified atom stereocenters. The summed E-state index contributed by atoms with van der Waals surface area (Å²) in [4.78, 5) is 4.51. The van der Waals surface area contributed by atoms with E-state index in [0.717, 1.165) is 64.1 Å². The van der Waals surface area contributed by atoms with Gasteiger partial charge in [-0.1, -0.05) is 141 Å². The van der Waals surface area contributed by atoms with Crippen molar-refractivity contribution < 1.29 is 4.57 Å². The van der Waals surface area contributed by atoms with Gasteiger partial charge in [0.25, 0.3) is 0 Å². The minimum atomic E-state index is -3.29. The number of hydrogen-bond donors (Lipinski definition) is 0. The second kappa shape index (κ2) is 11.3. The molecule has 0 amide bonds. The quantitative estimate of drug-likeness (QED) is 0.136. The molecule has 51 heavy (non-hydrogen) atoms.